The number of hydrogen-bond donors (Lipinski definition) is 1. The third-order valence-electron chi connectivity index (χ3n) is 1.00. The van der Waals surface area contributed by atoms with Crippen molar-refractivity contribution in [2.24, 2.45) is 0 Å². The number of sulfone groups is 1. The highest BCUT2D eigenvalue weighted by molar-refractivity contribution is 7.94. The van der Waals surface area contributed by atoms with Crippen LogP contribution in [0.3, 0.4) is 0 Å². The average molecular weight is 170 g/mol. The summed E-state index contributed by atoms with van der Waals surface area (Å²) in [6.45, 7) is 0. The Kier molecular flexibility index (Phi) is 2.66. The van der Waals surface area contributed by atoms with Crippen LogP contribution >= 0.6 is 0 Å². The first kappa shape index (κ1) is 8.94. The highest BCUT2D eigenvalue weighted by Crippen LogP contribution is 2.02. The Morgan fingerprint density at radius 2 is 2.11 bits per heavy atom. The van der Waals surface area contributed by atoms with Gasteiger partial charge in [0.25, 0.3) is 0 Å². The number of hydrogen-bond acceptors (Lipinski definition) is 2. The van der Waals surface area contributed by atoms with Gasteiger partial charge in [-0.1, -0.05) is 0 Å². The molecule has 0 saturated heterocycles. The Bertz CT molecular complexity index is 209. The Balaban J connectivity index is 0.000000640. The maximum atomic E-state index is 10.5. The molecule has 0 radical (unpaired) electrons. The van der Waals surface area contributed by atoms with Crippen LogP contribution in [0.5, 0.6) is 0 Å². The molecule has 1 heterocycles. The highest BCUT2D eigenvalue weighted by atomic mass is 35.5. The summed E-state index contributed by atoms with van der Waals surface area (Å²) in [6.07, 6.45) is 1.61. The average Bonchev–Trinajstić information content (AvgIpc) is 1.82. The molecule has 3 N–H and O–H groups in total. The molecule has 0 aromatic heterocycles. The molecule has 0 aromatic carbocycles. The van der Waals surface area contributed by atoms with Crippen LogP contribution in [0.1, 0.15) is 0 Å². The number of halogens is 1. The SMILES string of the molecule is [Cl-].[NH3+]C1C=CS(=O)(=O)C1. The summed E-state index contributed by atoms with van der Waals surface area (Å²) in [7, 11) is -2.84. The second kappa shape index (κ2) is 2.68. The van der Waals surface area contributed by atoms with Crippen LogP contribution in [0.15, 0.2) is 11.5 Å². The molecule has 0 saturated carbocycles. The molecule has 0 spiro atoms. The third-order valence-corrected chi connectivity index (χ3v) is 2.47. The van der Waals surface area contributed by atoms with Crippen molar-refractivity contribution < 1.29 is 26.6 Å². The van der Waals surface area contributed by atoms with E-state index in [9.17, 15) is 8.42 Å². The lowest BCUT2D eigenvalue weighted by Crippen LogP contribution is -3.00. The van der Waals surface area contributed by atoms with E-state index in [0.29, 0.717) is 0 Å². The zero-order valence-corrected chi connectivity index (χ0v) is 6.32. The second-order valence-corrected chi connectivity index (χ2v) is 3.85. The van der Waals surface area contributed by atoms with Crippen LogP contribution in [-0.2, 0) is 9.84 Å². The van der Waals surface area contributed by atoms with E-state index in [2.05, 4.69) is 5.73 Å². The fraction of sp³-hybridized carbons (Fsp3) is 0.500. The maximum absolute atomic E-state index is 10.5. The summed E-state index contributed by atoms with van der Waals surface area (Å²) in [5, 5.41) is 1.23. The van der Waals surface area contributed by atoms with Gasteiger partial charge in [-0.2, -0.15) is 0 Å². The first-order valence-electron chi connectivity index (χ1n) is 2.34. The van der Waals surface area contributed by atoms with Crippen molar-refractivity contribution in [3.8, 4) is 0 Å². The molecule has 0 amide bonds. The van der Waals surface area contributed by atoms with Crippen molar-refractivity contribution in [3.05, 3.63) is 11.5 Å². The summed E-state index contributed by atoms with van der Waals surface area (Å²) in [6, 6.07) is -0.0278. The van der Waals surface area contributed by atoms with E-state index in [4.69, 9.17) is 0 Å². The summed E-state index contributed by atoms with van der Waals surface area (Å²) in [5.41, 5.74) is 3.57. The first-order valence-corrected chi connectivity index (χ1v) is 4.06. The van der Waals surface area contributed by atoms with Gasteiger partial charge >= 0.3 is 0 Å². The van der Waals surface area contributed by atoms with E-state index < -0.39 is 9.84 Å². The standard InChI is InChI=1S/C4H7NO2S.ClH/c5-4-1-2-8(6,7)3-4;/h1-2,4H,3,5H2;1H. The van der Waals surface area contributed by atoms with E-state index in [0.717, 1.165) is 0 Å². The lowest BCUT2D eigenvalue weighted by atomic mass is 10.4. The maximum Gasteiger partial charge on any atom is 0.177 e. The van der Waals surface area contributed by atoms with Crippen LogP contribution in [0.25, 0.3) is 0 Å². The molecule has 0 aromatic rings. The topological polar surface area (TPSA) is 61.8 Å². The second-order valence-electron chi connectivity index (χ2n) is 1.92. The fourth-order valence-electron chi connectivity index (χ4n) is 0.640. The zero-order chi connectivity index (χ0) is 6.20. The minimum Gasteiger partial charge on any atom is -1.00 e. The molecule has 0 aliphatic carbocycles. The molecule has 1 unspecified atom stereocenters. The quantitative estimate of drug-likeness (QED) is 0.398. The highest BCUT2D eigenvalue weighted by Gasteiger charge is 2.20. The summed E-state index contributed by atoms with van der Waals surface area (Å²) in [5.74, 6) is 0.188. The predicted molar refractivity (Wildman–Crippen MR) is 29.6 cm³/mol. The van der Waals surface area contributed by atoms with Crippen molar-refractivity contribution in [2.75, 3.05) is 5.75 Å². The number of quaternary nitrogens is 1. The lowest BCUT2D eigenvalue weighted by molar-refractivity contribution is -0.395. The molecule has 0 fully saturated rings. The molecule has 5 heteroatoms. The minimum atomic E-state index is -2.84. The molecule has 54 valence electrons. The summed E-state index contributed by atoms with van der Waals surface area (Å²) in [4.78, 5) is 0. The van der Waals surface area contributed by atoms with Gasteiger partial charge in [0.1, 0.15) is 11.8 Å². The van der Waals surface area contributed by atoms with Gasteiger partial charge in [-0.05, 0) is 6.08 Å². The number of rotatable bonds is 0. The third kappa shape index (κ3) is 2.34. The van der Waals surface area contributed by atoms with Gasteiger partial charge in [-0.3, -0.25) is 0 Å². The molecule has 3 nitrogen and oxygen atoms in total. The van der Waals surface area contributed by atoms with Crippen LogP contribution in [0, 0.1) is 0 Å². The molecule has 0 bridgehead atoms. The van der Waals surface area contributed by atoms with Gasteiger partial charge in [-0.25, -0.2) is 8.42 Å². The van der Waals surface area contributed by atoms with Gasteiger partial charge in [0.2, 0.25) is 0 Å². The van der Waals surface area contributed by atoms with Crippen molar-refractivity contribution in [3.63, 3.8) is 0 Å². The monoisotopic (exact) mass is 169 g/mol. The first-order chi connectivity index (χ1) is 3.60. The van der Waals surface area contributed by atoms with E-state index in [1.54, 1.807) is 6.08 Å². The predicted octanol–water partition coefficient (Wildman–Crippen LogP) is -4.46. The van der Waals surface area contributed by atoms with Crippen molar-refractivity contribution in [2.45, 2.75) is 6.04 Å². The molecule has 1 aliphatic rings. The molecule has 9 heavy (non-hydrogen) atoms. The zero-order valence-electron chi connectivity index (χ0n) is 4.75. The van der Waals surface area contributed by atoms with Gasteiger partial charge in [0, 0.05) is 5.41 Å². The van der Waals surface area contributed by atoms with Gasteiger partial charge in [0.15, 0.2) is 9.84 Å². The molecule has 1 rings (SSSR count). The van der Waals surface area contributed by atoms with E-state index >= 15 is 0 Å². The van der Waals surface area contributed by atoms with E-state index in [1.807, 2.05) is 0 Å². The van der Waals surface area contributed by atoms with E-state index in [-0.39, 0.29) is 24.2 Å². The van der Waals surface area contributed by atoms with E-state index in [1.165, 1.54) is 5.41 Å². The Labute approximate surface area is 60.3 Å². The smallest absolute Gasteiger partial charge is 0.177 e. The van der Waals surface area contributed by atoms with Crippen molar-refractivity contribution >= 4 is 9.84 Å². The lowest BCUT2D eigenvalue weighted by Gasteiger charge is -1.88. The van der Waals surface area contributed by atoms with Gasteiger partial charge < -0.3 is 18.1 Å². The van der Waals surface area contributed by atoms with Gasteiger partial charge in [0.05, 0.1) is 0 Å². The Hall–Kier alpha value is -0.0600. The minimum absolute atomic E-state index is 0. The molecule has 1 atom stereocenters. The summed E-state index contributed by atoms with van der Waals surface area (Å²) < 4.78 is 21.0. The Morgan fingerprint density at radius 3 is 2.22 bits per heavy atom. The van der Waals surface area contributed by atoms with Gasteiger partial charge in [-0.15, -0.1) is 0 Å². The Morgan fingerprint density at radius 1 is 1.56 bits per heavy atom. The van der Waals surface area contributed by atoms with Crippen LogP contribution < -0.4 is 18.1 Å². The van der Waals surface area contributed by atoms with Crippen molar-refractivity contribution in [1.82, 2.24) is 0 Å². The molecule has 1 aliphatic heterocycles. The van der Waals surface area contributed by atoms with Crippen LogP contribution in [0.4, 0.5) is 0 Å². The fourth-order valence-corrected chi connectivity index (χ4v) is 1.92. The van der Waals surface area contributed by atoms with Crippen molar-refractivity contribution in [1.29, 1.82) is 0 Å². The molecular weight excluding hydrogens is 162 g/mol. The molecular formula is C4H8ClNO2S. The summed E-state index contributed by atoms with van der Waals surface area (Å²) >= 11 is 0. The van der Waals surface area contributed by atoms with Crippen LogP contribution in [-0.4, -0.2) is 20.2 Å². The van der Waals surface area contributed by atoms with Crippen LogP contribution in [0.2, 0.25) is 0 Å². The normalized spacial score (nSPS) is 29.7. The largest absolute Gasteiger partial charge is 1.00 e.